The summed E-state index contributed by atoms with van der Waals surface area (Å²) in [5.74, 6) is 0. The molecule has 1 aromatic heterocycles. The molecular weight excluding hydrogens is 216 g/mol. The van der Waals surface area contributed by atoms with Crippen molar-refractivity contribution in [3.8, 4) is 0 Å². The van der Waals surface area contributed by atoms with Crippen LogP contribution >= 0.6 is 0 Å². The third-order valence-corrected chi connectivity index (χ3v) is 3.25. The molecule has 1 atom stereocenters. The van der Waals surface area contributed by atoms with Gasteiger partial charge in [-0.2, -0.15) is 0 Å². The van der Waals surface area contributed by atoms with Crippen LogP contribution in [0.5, 0.6) is 0 Å². The van der Waals surface area contributed by atoms with Gasteiger partial charge in [0.25, 0.3) is 0 Å². The van der Waals surface area contributed by atoms with Gasteiger partial charge in [-0.3, -0.25) is 0 Å². The van der Waals surface area contributed by atoms with Crippen LogP contribution in [0.2, 0.25) is 0 Å². The van der Waals surface area contributed by atoms with Crippen molar-refractivity contribution in [2.75, 3.05) is 13.7 Å². The Hall–Kier alpha value is -1.00. The Morgan fingerprint density at radius 3 is 2.94 bits per heavy atom. The fourth-order valence-corrected chi connectivity index (χ4v) is 2.42. The molecule has 0 fully saturated rings. The molecule has 1 aliphatic carbocycles. The standard InChI is InChI=1S/C13H20N2O2/c1-17-8-10(16)7-13-11-5-3-2-4-6-12(11)14-9-15-13/h9-10,16H,2-8H2,1H3. The van der Waals surface area contributed by atoms with Crippen molar-refractivity contribution in [1.82, 2.24) is 9.97 Å². The van der Waals surface area contributed by atoms with Crippen LogP contribution in [0.25, 0.3) is 0 Å². The van der Waals surface area contributed by atoms with Gasteiger partial charge in [0.2, 0.25) is 0 Å². The third kappa shape index (κ3) is 3.23. The summed E-state index contributed by atoms with van der Waals surface area (Å²) in [6.07, 6.45) is 7.49. The molecule has 0 bridgehead atoms. The van der Waals surface area contributed by atoms with Gasteiger partial charge >= 0.3 is 0 Å². The molecule has 0 aliphatic heterocycles. The second-order valence-electron chi connectivity index (χ2n) is 4.62. The van der Waals surface area contributed by atoms with E-state index in [0.717, 1.165) is 18.5 Å². The number of aryl methyl sites for hydroxylation is 1. The lowest BCUT2D eigenvalue weighted by Crippen LogP contribution is -2.19. The van der Waals surface area contributed by atoms with E-state index in [2.05, 4.69) is 9.97 Å². The third-order valence-electron chi connectivity index (χ3n) is 3.25. The molecule has 1 aromatic rings. The molecule has 0 saturated heterocycles. The lowest BCUT2D eigenvalue weighted by molar-refractivity contribution is 0.0642. The van der Waals surface area contributed by atoms with E-state index in [9.17, 15) is 5.11 Å². The van der Waals surface area contributed by atoms with E-state index in [1.807, 2.05) is 0 Å². The highest BCUT2D eigenvalue weighted by atomic mass is 16.5. The molecule has 94 valence electrons. The van der Waals surface area contributed by atoms with Crippen LogP contribution in [0.4, 0.5) is 0 Å². The van der Waals surface area contributed by atoms with Crippen molar-refractivity contribution in [2.45, 2.75) is 44.6 Å². The van der Waals surface area contributed by atoms with Crippen molar-refractivity contribution in [1.29, 1.82) is 0 Å². The number of rotatable bonds is 4. The Morgan fingerprint density at radius 1 is 1.29 bits per heavy atom. The minimum Gasteiger partial charge on any atom is -0.390 e. The van der Waals surface area contributed by atoms with E-state index in [1.54, 1.807) is 13.4 Å². The SMILES string of the molecule is COCC(O)Cc1ncnc2c1CCCCC2. The monoisotopic (exact) mass is 236 g/mol. The summed E-state index contributed by atoms with van der Waals surface area (Å²) in [6, 6.07) is 0. The van der Waals surface area contributed by atoms with Gasteiger partial charge in [0.1, 0.15) is 6.33 Å². The van der Waals surface area contributed by atoms with Crippen LogP contribution in [-0.2, 0) is 24.0 Å². The number of fused-ring (bicyclic) bond motifs is 1. The molecule has 4 nitrogen and oxygen atoms in total. The average molecular weight is 236 g/mol. The van der Waals surface area contributed by atoms with Crippen LogP contribution in [-0.4, -0.2) is 34.9 Å². The lowest BCUT2D eigenvalue weighted by atomic mass is 10.0. The first-order valence-electron chi connectivity index (χ1n) is 6.30. The summed E-state index contributed by atoms with van der Waals surface area (Å²) in [5, 5.41) is 9.79. The van der Waals surface area contributed by atoms with Gasteiger partial charge in [-0.1, -0.05) is 6.42 Å². The molecule has 0 aromatic carbocycles. The van der Waals surface area contributed by atoms with Crippen LogP contribution in [0, 0.1) is 0 Å². The van der Waals surface area contributed by atoms with Crippen LogP contribution in [0.15, 0.2) is 6.33 Å². The summed E-state index contributed by atoms with van der Waals surface area (Å²) >= 11 is 0. The van der Waals surface area contributed by atoms with Crippen LogP contribution < -0.4 is 0 Å². The Bertz CT molecular complexity index is 368. The number of nitrogens with zero attached hydrogens (tertiary/aromatic N) is 2. The largest absolute Gasteiger partial charge is 0.390 e. The molecule has 0 amide bonds. The van der Waals surface area contributed by atoms with Crippen molar-refractivity contribution in [3.63, 3.8) is 0 Å². The smallest absolute Gasteiger partial charge is 0.115 e. The fraction of sp³-hybridized carbons (Fsp3) is 0.692. The average Bonchev–Trinajstić information content (AvgIpc) is 2.55. The molecule has 1 aliphatic rings. The molecule has 0 saturated carbocycles. The van der Waals surface area contributed by atoms with E-state index in [0.29, 0.717) is 13.0 Å². The van der Waals surface area contributed by atoms with Gasteiger partial charge in [-0.15, -0.1) is 0 Å². The number of aliphatic hydroxyl groups excluding tert-OH is 1. The van der Waals surface area contributed by atoms with E-state index in [4.69, 9.17) is 4.74 Å². The van der Waals surface area contributed by atoms with Crippen molar-refractivity contribution in [3.05, 3.63) is 23.3 Å². The maximum absolute atomic E-state index is 9.79. The maximum atomic E-state index is 9.79. The lowest BCUT2D eigenvalue weighted by Gasteiger charge is -2.13. The summed E-state index contributed by atoms with van der Waals surface area (Å²) < 4.78 is 4.95. The Morgan fingerprint density at radius 2 is 2.12 bits per heavy atom. The van der Waals surface area contributed by atoms with Gasteiger partial charge in [0, 0.05) is 24.9 Å². The van der Waals surface area contributed by atoms with E-state index in [-0.39, 0.29) is 0 Å². The molecule has 1 N–H and O–H groups in total. The van der Waals surface area contributed by atoms with Crippen molar-refractivity contribution >= 4 is 0 Å². The minimum atomic E-state index is -0.470. The van der Waals surface area contributed by atoms with Gasteiger partial charge in [0.15, 0.2) is 0 Å². The first kappa shape index (κ1) is 12.5. The zero-order valence-corrected chi connectivity index (χ0v) is 10.4. The number of hydrogen-bond acceptors (Lipinski definition) is 4. The van der Waals surface area contributed by atoms with E-state index < -0.39 is 6.10 Å². The summed E-state index contributed by atoms with van der Waals surface area (Å²) in [6.45, 7) is 0.360. The van der Waals surface area contributed by atoms with Gasteiger partial charge < -0.3 is 9.84 Å². The predicted octanol–water partition coefficient (Wildman–Crippen LogP) is 1.30. The zero-order valence-electron chi connectivity index (χ0n) is 10.4. The molecule has 17 heavy (non-hydrogen) atoms. The highest BCUT2D eigenvalue weighted by molar-refractivity contribution is 5.26. The highest BCUT2D eigenvalue weighted by Gasteiger charge is 2.16. The Labute approximate surface area is 102 Å². The second-order valence-corrected chi connectivity index (χ2v) is 4.62. The molecular formula is C13H20N2O2. The van der Waals surface area contributed by atoms with Gasteiger partial charge in [-0.05, 0) is 31.2 Å². The summed E-state index contributed by atoms with van der Waals surface area (Å²) in [5.41, 5.74) is 3.44. The topological polar surface area (TPSA) is 55.2 Å². The normalized spacial score (nSPS) is 17.3. The minimum absolute atomic E-state index is 0.360. The number of aliphatic hydroxyl groups is 1. The van der Waals surface area contributed by atoms with Gasteiger partial charge in [-0.25, -0.2) is 9.97 Å². The summed E-state index contributed by atoms with van der Waals surface area (Å²) in [7, 11) is 1.60. The molecule has 0 radical (unpaired) electrons. The second kappa shape index (κ2) is 6.07. The van der Waals surface area contributed by atoms with Crippen LogP contribution in [0.3, 0.4) is 0 Å². The first-order chi connectivity index (χ1) is 8.31. The predicted molar refractivity (Wildman–Crippen MR) is 64.9 cm³/mol. The number of aromatic nitrogens is 2. The number of hydrogen-bond donors (Lipinski definition) is 1. The molecule has 1 heterocycles. The Balaban J connectivity index is 2.16. The number of methoxy groups -OCH3 is 1. The van der Waals surface area contributed by atoms with E-state index >= 15 is 0 Å². The van der Waals surface area contributed by atoms with Crippen LogP contribution in [0.1, 0.15) is 36.2 Å². The highest BCUT2D eigenvalue weighted by Crippen LogP contribution is 2.21. The molecule has 2 rings (SSSR count). The number of ether oxygens (including phenoxy) is 1. The fourth-order valence-electron chi connectivity index (χ4n) is 2.42. The molecule has 1 unspecified atom stereocenters. The quantitative estimate of drug-likeness (QED) is 0.800. The molecule has 0 spiro atoms. The maximum Gasteiger partial charge on any atom is 0.115 e. The van der Waals surface area contributed by atoms with Crippen molar-refractivity contribution in [2.24, 2.45) is 0 Å². The molecule has 4 heteroatoms. The summed E-state index contributed by atoms with van der Waals surface area (Å²) in [4.78, 5) is 8.70. The Kier molecular flexibility index (Phi) is 4.45. The van der Waals surface area contributed by atoms with Gasteiger partial charge in [0.05, 0.1) is 12.7 Å². The first-order valence-corrected chi connectivity index (χ1v) is 6.30. The zero-order chi connectivity index (χ0) is 12.1. The van der Waals surface area contributed by atoms with Crippen molar-refractivity contribution < 1.29 is 9.84 Å². The van der Waals surface area contributed by atoms with E-state index in [1.165, 1.54) is 30.5 Å².